The van der Waals surface area contributed by atoms with Crippen LogP contribution in [0.3, 0.4) is 0 Å². The maximum atomic E-state index is 11.7. The fraction of sp³-hybridized carbons (Fsp3) is 0.200. The molecule has 8 nitrogen and oxygen atoms in total. The van der Waals surface area contributed by atoms with Gasteiger partial charge in [0.05, 0.1) is 16.8 Å². The maximum Gasteiger partial charge on any atom is 0.269 e. The van der Waals surface area contributed by atoms with Gasteiger partial charge in [-0.3, -0.25) is 4.79 Å². The van der Waals surface area contributed by atoms with Crippen LogP contribution >= 0.6 is 0 Å². The van der Waals surface area contributed by atoms with Crippen LogP contribution in [-0.2, 0) is 0 Å². The smallest absolute Gasteiger partial charge is 0.269 e. The van der Waals surface area contributed by atoms with Crippen LogP contribution in [0.4, 0.5) is 0 Å². The normalized spacial score (nSPS) is 18.9. The summed E-state index contributed by atoms with van der Waals surface area (Å²) in [5.41, 5.74) is 6.72. The van der Waals surface area contributed by atoms with Crippen molar-refractivity contribution in [2.24, 2.45) is 5.73 Å². The van der Waals surface area contributed by atoms with E-state index in [1.54, 1.807) is 6.07 Å². The van der Waals surface area contributed by atoms with Gasteiger partial charge in [-0.05, 0) is 18.2 Å². The number of likely N-dealkylation sites (tertiary alicyclic amines) is 1. The third kappa shape index (κ3) is 2.88. The molecule has 0 spiro atoms. The molecule has 1 atom stereocenters. The molecule has 28 heavy (non-hydrogen) atoms. The predicted octanol–water partition coefficient (Wildman–Crippen LogP) is 0.846. The lowest BCUT2D eigenvalue weighted by molar-refractivity contribution is 0.0996. The van der Waals surface area contributed by atoms with E-state index in [1.165, 1.54) is 17.2 Å². The zero-order valence-corrected chi connectivity index (χ0v) is 15.3. The molecule has 3 heterocycles. The highest BCUT2D eigenvalue weighted by atomic mass is 16.3. The van der Waals surface area contributed by atoms with Crippen molar-refractivity contribution in [3.05, 3.63) is 60.3 Å². The quantitative estimate of drug-likeness (QED) is 0.644. The van der Waals surface area contributed by atoms with Crippen molar-refractivity contribution >= 4 is 16.9 Å². The molecule has 2 aromatic heterocycles. The number of aliphatic hydroxyl groups is 1. The standard InChI is InChI=1S/C20H18N6O2/c1-13-20(28,8-9-25(13)2)7-6-14-4-3-5-15(10-14)26-19-16(11-22-12-23-19)17(24-26)18(21)27/h3-5,10-12,28H,1,8-9H2,2H3,(H2,21,27)/t20-/m0/s1. The third-order valence-corrected chi connectivity index (χ3v) is 4.83. The third-order valence-electron chi connectivity index (χ3n) is 4.83. The average Bonchev–Trinajstić information content (AvgIpc) is 3.21. The van der Waals surface area contributed by atoms with Gasteiger partial charge in [-0.1, -0.05) is 24.5 Å². The number of likely N-dealkylation sites (N-methyl/N-ethyl adjacent to an activating group) is 1. The Morgan fingerprint density at radius 3 is 2.96 bits per heavy atom. The fourth-order valence-electron chi connectivity index (χ4n) is 3.17. The van der Waals surface area contributed by atoms with Crippen LogP contribution in [0.2, 0.25) is 0 Å². The van der Waals surface area contributed by atoms with Crippen molar-refractivity contribution in [1.82, 2.24) is 24.6 Å². The Morgan fingerprint density at radius 2 is 2.25 bits per heavy atom. The number of benzene rings is 1. The van der Waals surface area contributed by atoms with E-state index in [9.17, 15) is 9.90 Å². The van der Waals surface area contributed by atoms with E-state index in [-0.39, 0.29) is 5.69 Å². The lowest BCUT2D eigenvalue weighted by Gasteiger charge is -2.19. The van der Waals surface area contributed by atoms with Gasteiger partial charge in [0.1, 0.15) is 6.33 Å². The second-order valence-corrected chi connectivity index (χ2v) is 6.66. The van der Waals surface area contributed by atoms with E-state index < -0.39 is 11.5 Å². The molecule has 1 fully saturated rings. The summed E-state index contributed by atoms with van der Waals surface area (Å²) < 4.78 is 1.53. The van der Waals surface area contributed by atoms with Gasteiger partial charge < -0.3 is 15.7 Å². The minimum Gasteiger partial charge on any atom is -0.375 e. The summed E-state index contributed by atoms with van der Waals surface area (Å²) in [5, 5.41) is 15.5. The molecule has 140 valence electrons. The number of rotatable bonds is 2. The van der Waals surface area contributed by atoms with Crippen LogP contribution in [0.1, 0.15) is 22.5 Å². The first-order chi connectivity index (χ1) is 13.4. The van der Waals surface area contributed by atoms with E-state index in [0.29, 0.717) is 40.9 Å². The SMILES string of the molecule is C=C1N(C)CC[C@@]1(O)C#Cc1cccc(-n2nc(C(N)=O)c3cncnc32)c1. The van der Waals surface area contributed by atoms with Crippen molar-refractivity contribution in [2.45, 2.75) is 12.0 Å². The van der Waals surface area contributed by atoms with Crippen molar-refractivity contribution in [1.29, 1.82) is 0 Å². The van der Waals surface area contributed by atoms with Crippen LogP contribution in [-0.4, -0.2) is 54.9 Å². The van der Waals surface area contributed by atoms with Gasteiger partial charge in [0.25, 0.3) is 5.91 Å². The lowest BCUT2D eigenvalue weighted by Crippen LogP contribution is -2.26. The summed E-state index contributed by atoms with van der Waals surface area (Å²) in [7, 11) is 1.88. The number of aromatic nitrogens is 4. The van der Waals surface area contributed by atoms with Crippen LogP contribution in [0.15, 0.2) is 49.1 Å². The summed E-state index contributed by atoms with van der Waals surface area (Å²) in [4.78, 5) is 21.7. The van der Waals surface area contributed by atoms with Crippen molar-refractivity contribution < 1.29 is 9.90 Å². The van der Waals surface area contributed by atoms with Crippen molar-refractivity contribution in [2.75, 3.05) is 13.6 Å². The Hall–Kier alpha value is -3.70. The number of nitrogens with zero attached hydrogens (tertiary/aromatic N) is 5. The molecular weight excluding hydrogens is 356 g/mol. The van der Waals surface area contributed by atoms with E-state index in [2.05, 4.69) is 33.5 Å². The molecule has 1 amide bonds. The Balaban J connectivity index is 1.76. The van der Waals surface area contributed by atoms with Gasteiger partial charge in [0.2, 0.25) is 0 Å². The molecule has 0 radical (unpaired) electrons. The average molecular weight is 374 g/mol. The number of nitrogens with two attached hydrogens (primary N) is 1. The molecule has 0 aliphatic carbocycles. The van der Waals surface area contributed by atoms with Gasteiger partial charge in [0.15, 0.2) is 16.9 Å². The number of primary amides is 1. The zero-order valence-electron chi connectivity index (χ0n) is 15.3. The molecule has 3 N–H and O–H groups in total. The largest absolute Gasteiger partial charge is 0.375 e. The molecule has 1 aromatic carbocycles. The number of carbonyl (C=O) groups excluding carboxylic acids is 1. The van der Waals surface area contributed by atoms with Gasteiger partial charge in [-0.15, -0.1) is 0 Å². The highest BCUT2D eigenvalue weighted by Gasteiger charge is 2.36. The number of hydrogen-bond donors (Lipinski definition) is 2. The van der Waals surface area contributed by atoms with E-state index in [0.717, 1.165) is 0 Å². The predicted molar refractivity (Wildman–Crippen MR) is 103 cm³/mol. The lowest BCUT2D eigenvalue weighted by atomic mass is 10.0. The number of amides is 1. The molecule has 3 aromatic rings. The van der Waals surface area contributed by atoms with Crippen LogP contribution in [0.25, 0.3) is 16.7 Å². The molecule has 8 heteroatoms. The summed E-state index contributed by atoms with van der Waals surface area (Å²) >= 11 is 0. The molecule has 4 rings (SSSR count). The molecule has 0 saturated carbocycles. The molecule has 1 saturated heterocycles. The van der Waals surface area contributed by atoms with Gasteiger partial charge in [0, 0.05) is 31.8 Å². The first kappa shape index (κ1) is 17.7. The van der Waals surface area contributed by atoms with Crippen molar-refractivity contribution in [3.63, 3.8) is 0 Å². The number of hydrogen-bond acceptors (Lipinski definition) is 6. The van der Waals surface area contributed by atoms with E-state index in [4.69, 9.17) is 5.73 Å². The molecule has 0 bridgehead atoms. The Morgan fingerprint density at radius 1 is 1.43 bits per heavy atom. The highest BCUT2D eigenvalue weighted by Crippen LogP contribution is 2.29. The number of fused-ring (bicyclic) bond motifs is 1. The first-order valence-electron chi connectivity index (χ1n) is 8.64. The monoisotopic (exact) mass is 374 g/mol. The Bertz CT molecular complexity index is 1170. The Kier molecular flexibility index (Phi) is 4.09. The van der Waals surface area contributed by atoms with Gasteiger partial charge >= 0.3 is 0 Å². The molecule has 0 unspecified atom stereocenters. The maximum absolute atomic E-state index is 11.7. The van der Waals surface area contributed by atoms with Gasteiger partial charge in [-0.2, -0.15) is 5.10 Å². The molecule has 1 aliphatic rings. The van der Waals surface area contributed by atoms with Gasteiger partial charge in [-0.25, -0.2) is 14.6 Å². The summed E-state index contributed by atoms with van der Waals surface area (Å²) in [6, 6.07) is 7.27. The second-order valence-electron chi connectivity index (χ2n) is 6.66. The molecule has 1 aliphatic heterocycles. The van der Waals surface area contributed by atoms with Crippen LogP contribution in [0, 0.1) is 11.8 Å². The minimum absolute atomic E-state index is 0.103. The van der Waals surface area contributed by atoms with Crippen LogP contribution < -0.4 is 5.73 Å². The highest BCUT2D eigenvalue weighted by molar-refractivity contribution is 6.03. The first-order valence-corrected chi connectivity index (χ1v) is 8.64. The summed E-state index contributed by atoms with van der Waals surface area (Å²) in [6.45, 7) is 4.63. The minimum atomic E-state index is -1.23. The fourth-order valence-corrected chi connectivity index (χ4v) is 3.17. The molecular formula is C20H18N6O2. The topological polar surface area (TPSA) is 110 Å². The zero-order chi connectivity index (χ0) is 19.9. The Labute approximate surface area is 161 Å². The second kappa shape index (κ2) is 6.48. The van der Waals surface area contributed by atoms with Crippen LogP contribution in [0.5, 0.6) is 0 Å². The summed E-state index contributed by atoms with van der Waals surface area (Å²) in [6.07, 6.45) is 3.40. The van der Waals surface area contributed by atoms with E-state index in [1.807, 2.05) is 30.1 Å². The van der Waals surface area contributed by atoms with Crippen molar-refractivity contribution in [3.8, 4) is 17.5 Å². The summed E-state index contributed by atoms with van der Waals surface area (Å²) in [5.74, 6) is 5.29. The van der Waals surface area contributed by atoms with E-state index >= 15 is 0 Å². The number of carbonyl (C=O) groups is 1.